The predicted octanol–water partition coefficient (Wildman–Crippen LogP) is 4.59. The van der Waals surface area contributed by atoms with Crippen LogP contribution >= 0.6 is 48.0 Å². The third-order valence-electron chi connectivity index (χ3n) is 6.64. The van der Waals surface area contributed by atoms with Crippen molar-refractivity contribution in [1.82, 2.24) is 9.80 Å². The van der Waals surface area contributed by atoms with Gasteiger partial charge in [0.05, 0.1) is 34.8 Å². The number of hydrogen-bond acceptors (Lipinski definition) is 10. The van der Waals surface area contributed by atoms with Crippen LogP contribution < -0.4 is 9.80 Å². The summed E-state index contributed by atoms with van der Waals surface area (Å²) in [5.74, 6) is -1.51. The van der Waals surface area contributed by atoms with Crippen LogP contribution in [0, 0.1) is 22.7 Å². The van der Waals surface area contributed by atoms with Gasteiger partial charge in [0.1, 0.15) is 8.64 Å². The lowest BCUT2D eigenvalue weighted by Crippen LogP contribution is -2.37. The van der Waals surface area contributed by atoms with E-state index in [4.69, 9.17) is 35.0 Å². The first-order valence-corrected chi connectivity index (χ1v) is 16.0. The summed E-state index contributed by atoms with van der Waals surface area (Å²) in [6.45, 7) is 0.444. The smallest absolute Gasteiger partial charge is 0.267 e. The number of nitrogens with zero attached hydrogens (tertiary/aromatic N) is 6. The molecular weight excluding hydrogens is 637 g/mol. The molecule has 0 aromatic heterocycles. The molecule has 2 aromatic carbocycles. The molecule has 14 heteroatoms. The van der Waals surface area contributed by atoms with Gasteiger partial charge < -0.3 is 9.80 Å². The maximum atomic E-state index is 13.4. The van der Waals surface area contributed by atoms with Gasteiger partial charge in [-0.3, -0.25) is 29.0 Å². The van der Waals surface area contributed by atoms with Crippen molar-refractivity contribution in [3.63, 3.8) is 0 Å². The summed E-state index contributed by atoms with van der Waals surface area (Å²) in [6.07, 6.45) is 0.234. The van der Waals surface area contributed by atoms with E-state index < -0.39 is 11.8 Å². The third-order valence-corrected chi connectivity index (χ3v) is 9.66. The number of carbonyl (C=O) groups is 4. The number of rotatable bonds is 12. The van der Waals surface area contributed by atoms with Gasteiger partial charge in [0.15, 0.2) is 0 Å². The zero-order valence-corrected chi connectivity index (χ0v) is 26.6. The third kappa shape index (κ3) is 7.70. The standard InChI is InChI=1S/C30H26N6O4S4/c31-15-7-17-33(21-9-3-1-4-10-21)23(37)13-19-35-27(39)25(43-29(35)41)26-28(40)36(30(42)44-26)20-14-24(38)34(18-8-16-32)22-11-5-2-6-12-22/h1-6,9-12H,7-8,13-14,17-20H2/b26-25+. The zero-order valence-electron chi connectivity index (χ0n) is 23.4. The Morgan fingerprint density at radius 3 is 1.39 bits per heavy atom. The first kappa shape index (κ1) is 32.8. The Morgan fingerprint density at radius 1 is 0.682 bits per heavy atom. The van der Waals surface area contributed by atoms with Crippen LogP contribution in [0.15, 0.2) is 70.5 Å². The molecular formula is C30H26N6O4S4. The fourth-order valence-electron chi connectivity index (χ4n) is 4.48. The molecule has 0 aliphatic carbocycles. The van der Waals surface area contributed by atoms with Crippen LogP contribution in [-0.4, -0.2) is 68.2 Å². The van der Waals surface area contributed by atoms with E-state index in [0.717, 1.165) is 23.5 Å². The number of thioether (sulfide) groups is 2. The van der Waals surface area contributed by atoms with Crippen molar-refractivity contribution in [2.24, 2.45) is 0 Å². The minimum atomic E-state index is -0.487. The normalized spacial score (nSPS) is 16.2. The van der Waals surface area contributed by atoms with Gasteiger partial charge in [-0.2, -0.15) is 10.5 Å². The van der Waals surface area contributed by atoms with E-state index in [1.807, 2.05) is 24.3 Å². The summed E-state index contributed by atoms with van der Waals surface area (Å²) < 4.78 is 0.440. The number of amides is 4. The molecule has 224 valence electrons. The van der Waals surface area contributed by atoms with E-state index >= 15 is 0 Å². The van der Waals surface area contributed by atoms with Gasteiger partial charge in [-0.15, -0.1) is 0 Å². The highest BCUT2D eigenvalue weighted by atomic mass is 32.2. The van der Waals surface area contributed by atoms with Crippen molar-refractivity contribution < 1.29 is 19.2 Å². The summed E-state index contributed by atoms with van der Waals surface area (Å²) in [5, 5.41) is 18.1. The first-order chi connectivity index (χ1) is 21.3. The molecule has 4 amide bonds. The van der Waals surface area contributed by atoms with Gasteiger partial charge in [0.2, 0.25) is 11.8 Å². The molecule has 0 radical (unpaired) electrons. The molecule has 0 bridgehead atoms. The number of nitriles is 2. The van der Waals surface area contributed by atoms with Crippen LogP contribution in [0.4, 0.5) is 11.4 Å². The van der Waals surface area contributed by atoms with Crippen molar-refractivity contribution in [3.8, 4) is 12.1 Å². The van der Waals surface area contributed by atoms with Crippen molar-refractivity contribution in [2.75, 3.05) is 36.0 Å². The van der Waals surface area contributed by atoms with E-state index in [-0.39, 0.29) is 82.1 Å². The quantitative estimate of drug-likeness (QED) is 0.235. The second-order valence-electron chi connectivity index (χ2n) is 9.39. The number of carbonyl (C=O) groups excluding carboxylic acids is 4. The summed E-state index contributed by atoms with van der Waals surface area (Å²) in [5.41, 5.74) is 1.30. The second-order valence-corrected chi connectivity index (χ2v) is 12.7. The van der Waals surface area contributed by atoms with Crippen LogP contribution in [0.3, 0.4) is 0 Å². The van der Waals surface area contributed by atoms with Gasteiger partial charge in [-0.1, -0.05) is 84.4 Å². The summed E-state index contributed by atoms with van der Waals surface area (Å²) in [6, 6.07) is 22.0. The minimum Gasteiger partial charge on any atom is -0.311 e. The van der Waals surface area contributed by atoms with E-state index in [2.05, 4.69) is 0 Å². The lowest BCUT2D eigenvalue weighted by Gasteiger charge is -2.23. The van der Waals surface area contributed by atoms with Crippen molar-refractivity contribution in [3.05, 3.63) is 70.5 Å². The Hall–Kier alpha value is -4.08. The van der Waals surface area contributed by atoms with Crippen LogP contribution in [-0.2, 0) is 19.2 Å². The van der Waals surface area contributed by atoms with Gasteiger partial charge in [0, 0.05) is 50.4 Å². The van der Waals surface area contributed by atoms with Crippen molar-refractivity contribution in [1.29, 1.82) is 10.5 Å². The minimum absolute atomic E-state index is 0.00963. The number of para-hydroxylation sites is 2. The lowest BCUT2D eigenvalue weighted by atomic mass is 10.2. The van der Waals surface area contributed by atoms with E-state index in [9.17, 15) is 19.2 Å². The fourth-order valence-corrected chi connectivity index (χ4v) is 7.25. The summed E-state index contributed by atoms with van der Waals surface area (Å²) in [4.78, 5) is 58.8. The molecule has 2 aliphatic rings. The predicted molar refractivity (Wildman–Crippen MR) is 178 cm³/mol. The van der Waals surface area contributed by atoms with Crippen LogP contribution in [0.5, 0.6) is 0 Å². The molecule has 2 aliphatic heterocycles. The average Bonchev–Trinajstić information content (AvgIpc) is 3.48. The molecule has 2 fully saturated rings. The highest BCUT2D eigenvalue weighted by Crippen LogP contribution is 2.42. The second kappa shape index (κ2) is 15.6. The summed E-state index contributed by atoms with van der Waals surface area (Å²) in [7, 11) is 0. The van der Waals surface area contributed by atoms with E-state index in [0.29, 0.717) is 11.4 Å². The molecule has 2 heterocycles. The lowest BCUT2D eigenvalue weighted by molar-refractivity contribution is -0.126. The van der Waals surface area contributed by atoms with Crippen molar-refractivity contribution in [2.45, 2.75) is 25.7 Å². The van der Waals surface area contributed by atoms with Crippen molar-refractivity contribution >= 4 is 91.6 Å². The fraction of sp³-hybridized carbons (Fsp3) is 0.267. The highest BCUT2D eigenvalue weighted by molar-refractivity contribution is 8.29. The maximum absolute atomic E-state index is 13.4. The summed E-state index contributed by atoms with van der Waals surface area (Å²) >= 11 is 12.8. The Bertz CT molecular complexity index is 1470. The number of anilines is 2. The van der Waals surface area contributed by atoms with E-state index in [1.165, 1.54) is 19.6 Å². The molecule has 0 N–H and O–H groups in total. The number of benzene rings is 2. The van der Waals surface area contributed by atoms with E-state index in [1.54, 1.807) is 48.5 Å². The van der Waals surface area contributed by atoms with Crippen LogP contribution in [0.25, 0.3) is 0 Å². The van der Waals surface area contributed by atoms with Gasteiger partial charge >= 0.3 is 0 Å². The topological polar surface area (TPSA) is 129 Å². The van der Waals surface area contributed by atoms with Gasteiger partial charge in [0.25, 0.3) is 11.8 Å². The Kier molecular flexibility index (Phi) is 11.6. The molecule has 10 nitrogen and oxygen atoms in total. The Morgan fingerprint density at radius 2 is 1.05 bits per heavy atom. The first-order valence-electron chi connectivity index (χ1n) is 13.5. The molecule has 2 aromatic rings. The van der Waals surface area contributed by atoms with Crippen LogP contribution in [0.2, 0.25) is 0 Å². The molecule has 0 saturated carbocycles. The molecule has 0 atom stereocenters. The van der Waals surface area contributed by atoms with Gasteiger partial charge in [-0.25, -0.2) is 0 Å². The Labute approximate surface area is 274 Å². The van der Waals surface area contributed by atoms with Gasteiger partial charge in [-0.05, 0) is 24.3 Å². The molecule has 4 rings (SSSR count). The molecule has 2 saturated heterocycles. The molecule has 0 spiro atoms. The largest absolute Gasteiger partial charge is 0.311 e. The zero-order chi connectivity index (χ0) is 31.6. The molecule has 0 unspecified atom stereocenters. The monoisotopic (exact) mass is 662 g/mol. The number of hydrogen-bond donors (Lipinski definition) is 0. The molecule has 44 heavy (non-hydrogen) atoms. The van der Waals surface area contributed by atoms with Crippen LogP contribution in [0.1, 0.15) is 25.7 Å². The SMILES string of the molecule is N#CCCN(C(=O)CCN1C(=O)/C(=C2\SC(=S)N(CCC(=O)N(CCC#N)c3ccccc3)C2=O)SC1=S)c1ccccc1. The maximum Gasteiger partial charge on any atom is 0.267 e. The Balaban J connectivity index is 1.41. The number of thiocarbonyl (C=S) groups is 2. The highest BCUT2D eigenvalue weighted by Gasteiger charge is 2.42. The average molecular weight is 663 g/mol.